The van der Waals surface area contributed by atoms with Crippen LogP contribution in [0.4, 0.5) is 0 Å². The van der Waals surface area contributed by atoms with Gasteiger partial charge in [-0.25, -0.2) is 27.1 Å². The molecule has 4 unspecified atom stereocenters. The van der Waals surface area contributed by atoms with Gasteiger partial charge in [0.15, 0.2) is 0 Å². The van der Waals surface area contributed by atoms with E-state index >= 15 is 0 Å². The van der Waals surface area contributed by atoms with Crippen LogP contribution in [0.25, 0.3) is 0 Å². The molecule has 0 spiro atoms. The second-order valence-corrected chi connectivity index (χ2v) is 13.6. The van der Waals surface area contributed by atoms with Crippen molar-refractivity contribution in [2.45, 2.75) is 129 Å². The van der Waals surface area contributed by atoms with E-state index in [9.17, 15) is 16.8 Å². The molecule has 0 radical (unpaired) electrons. The number of rotatable bonds is 16. The summed E-state index contributed by atoms with van der Waals surface area (Å²) >= 11 is 0. The van der Waals surface area contributed by atoms with Crippen LogP contribution in [-0.2, 0) is 24.8 Å². The molecule has 4 N–H and O–H groups in total. The maximum Gasteiger partial charge on any atom is 0.212 e. The van der Waals surface area contributed by atoms with Crippen LogP contribution in [0.2, 0.25) is 0 Å². The Hall–Kier alpha value is -0.220. The van der Waals surface area contributed by atoms with Crippen molar-refractivity contribution in [2.75, 3.05) is 0 Å². The minimum absolute atomic E-state index is 0.383. The summed E-state index contributed by atoms with van der Waals surface area (Å²) in [5, 5.41) is 9.78. The first-order valence-corrected chi connectivity index (χ1v) is 14.9. The summed E-state index contributed by atoms with van der Waals surface area (Å²) in [5.74, 6) is 0. The lowest BCUT2D eigenvalue weighted by molar-refractivity contribution is -0.123. The van der Waals surface area contributed by atoms with Crippen molar-refractivity contribution in [3.05, 3.63) is 0 Å². The second-order valence-electron chi connectivity index (χ2n) is 10.1. The lowest BCUT2D eigenvalue weighted by atomic mass is 9.76. The zero-order valence-electron chi connectivity index (χ0n) is 21.0. The van der Waals surface area contributed by atoms with E-state index in [1.807, 2.05) is 55.4 Å². The van der Waals surface area contributed by atoms with E-state index in [0.717, 1.165) is 12.8 Å². The van der Waals surface area contributed by atoms with Crippen molar-refractivity contribution in [3.63, 3.8) is 0 Å². The molecule has 0 saturated carbocycles. The van der Waals surface area contributed by atoms with Crippen molar-refractivity contribution >= 4 is 20.0 Å². The Kier molecular flexibility index (Phi) is 12.2. The molecule has 0 saturated heterocycles. The minimum atomic E-state index is -3.78. The molecule has 0 bridgehead atoms. The summed E-state index contributed by atoms with van der Waals surface area (Å²) in [6, 6.07) is 0. The highest BCUT2D eigenvalue weighted by molar-refractivity contribution is 7.90. The van der Waals surface area contributed by atoms with Crippen LogP contribution in [0.1, 0.15) is 107 Å². The molecule has 9 heteroatoms. The summed E-state index contributed by atoms with van der Waals surface area (Å²) < 4.78 is 56.4. The molecule has 7 nitrogen and oxygen atoms in total. The van der Waals surface area contributed by atoms with Crippen molar-refractivity contribution in [1.29, 1.82) is 0 Å². The Balaban J connectivity index is 6.29. The van der Waals surface area contributed by atoms with Crippen molar-refractivity contribution in [3.8, 4) is 0 Å². The number of nitrogens with two attached hydrogens (primary N) is 2. The van der Waals surface area contributed by atoms with Gasteiger partial charge in [0.05, 0.1) is 22.7 Å². The topological polar surface area (TPSA) is 130 Å². The molecule has 188 valence electrons. The van der Waals surface area contributed by atoms with Crippen molar-refractivity contribution in [2.24, 2.45) is 21.1 Å². The third kappa shape index (κ3) is 8.57. The molecule has 0 rings (SSSR count). The normalized spacial score (nSPS) is 17.9. The van der Waals surface area contributed by atoms with Crippen molar-refractivity contribution < 1.29 is 21.6 Å². The van der Waals surface area contributed by atoms with Gasteiger partial charge in [-0.3, -0.25) is 0 Å². The maximum absolute atomic E-state index is 12.4. The molecule has 0 aliphatic carbocycles. The molecule has 4 atom stereocenters. The standard InChI is InChI=1S/C22H48N2O5S2/c1-9-13-17(21(5,6)19(15-11-3)30(23,25)26)29-18(14-10-2)22(7,8)20(16-12-4)31(24,27)28/h17-20H,9-16H2,1-8H3,(H2,23,25,26)(H2,24,27,28). The van der Waals surface area contributed by atoms with E-state index in [1.54, 1.807) is 0 Å². The van der Waals surface area contributed by atoms with Crippen LogP contribution in [0.3, 0.4) is 0 Å². The number of sulfonamides is 2. The fraction of sp³-hybridized carbons (Fsp3) is 1.00. The van der Waals surface area contributed by atoms with Crippen LogP contribution in [0.5, 0.6) is 0 Å². The Morgan fingerprint density at radius 1 is 0.613 bits per heavy atom. The van der Waals surface area contributed by atoms with E-state index in [2.05, 4.69) is 0 Å². The molecule has 0 aromatic carbocycles. The third-order valence-corrected chi connectivity index (χ3v) is 9.92. The number of ether oxygens (including phenoxy) is 1. The van der Waals surface area contributed by atoms with E-state index in [-0.39, 0.29) is 12.2 Å². The Labute approximate surface area is 192 Å². The predicted molar refractivity (Wildman–Crippen MR) is 130 cm³/mol. The van der Waals surface area contributed by atoms with Gasteiger partial charge < -0.3 is 4.74 Å². The van der Waals surface area contributed by atoms with Gasteiger partial charge >= 0.3 is 0 Å². The van der Waals surface area contributed by atoms with Crippen LogP contribution in [0.15, 0.2) is 0 Å². The molecule has 31 heavy (non-hydrogen) atoms. The molecule has 0 aliphatic heterocycles. The van der Waals surface area contributed by atoms with Crippen LogP contribution in [-0.4, -0.2) is 39.5 Å². The highest BCUT2D eigenvalue weighted by Gasteiger charge is 2.48. The highest BCUT2D eigenvalue weighted by Crippen LogP contribution is 2.42. The average Bonchev–Trinajstić information content (AvgIpc) is 2.60. The van der Waals surface area contributed by atoms with E-state index in [4.69, 9.17) is 15.0 Å². The maximum atomic E-state index is 12.4. The molecule has 0 amide bonds. The van der Waals surface area contributed by atoms with E-state index in [1.165, 1.54) is 0 Å². The molecular weight excluding hydrogens is 436 g/mol. The highest BCUT2D eigenvalue weighted by atomic mass is 32.2. The van der Waals surface area contributed by atoms with Gasteiger partial charge in [-0.05, 0) is 25.7 Å². The van der Waals surface area contributed by atoms with Gasteiger partial charge in [0.2, 0.25) is 20.0 Å². The predicted octanol–water partition coefficient (Wildman–Crippen LogP) is 4.31. The fourth-order valence-electron chi connectivity index (χ4n) is 4.81. The van der Waals surface area contributed by atoms with Gasteiger partial charge in [-0.15, -0.1) is 0 Å². The number of hydrogen-bond acceptors (Lipinski definition) is 5. The fourth-order valence-corrected chi connectivity index (χ4v) is 7.94. The Morgan fingerprint density at radius 2 is 0.871 bits per heavy atom. The molecule has 0 fully saturated rings. The first kappa shape index (κ1) is 30.8. The monoisotopic (exact) mass is 484 g/mol. The summed E-state index contributed by atoms with van der Waals surface area (Å²) in [4.78, 5) is 0. The largest absolute Gasteiger partial charge is 0.374 e. The van der Waals surface area contributed by atoms with Crippen LogP contribution < -0.4 is 10.3 Å². The van der Waals surface area contributed by atoms with E-state index in [0.29, 0.717) is 38.5 Å². The zero-order valence-corrected chi connectivity index (χ0v) is 22.6. The summed E-state index contributed by atoms with van der Waals surface area (Å²) in [6.45, 7) is 15.5. The average molecular weight is 485 g/mol. The second kappa shape index (κ2) is 12.3. The molecular formula is C22H48N2O5S2. The van der Waals surface area contributed by atoms with Gasteiger partial charge in [0.25, 0.3) is 0 Å². The van der Waals surface area contributed by atoms with Gasteiger partial charge in [-0.2, -0.15) is 0 Å². The summed E-state index contributed by atoms with van der Waals surface area (Å²) in [5.41, 5.74) is -1.47. The molecule has 0 aliphatic rings. The Bertz CT molecular complexity index is 671. The van der Waals surface area contributed by atoms with Crippen LogP contribution >= 0.6 is 0 Å². The van der Waals surface area contributed by atoms with Gasteiger partial charge in [0, 0.05) is 10.8 Å². The third-order valence-electron chi connectivity index (χ3n) is 6.64. The van der Waals surface area contributed by atoms with Crippen molar-refractivity contribution in [1.82, 2.24) is 0 Å². The Morgan fingerprint density at radius 3 is 1.06 bits per heavy atom. The minimum Gasteiger partial charge on any atom is -0.374 e. The lowest BCUT2D eigenvalue weighted by Crippen LogP contribution is -2.53. The zero-order chi connectivity index (χ0) is 24.7. The molecule has 0 aromatic heterocycles. The number of hydrogen-bond donors (Lipinski definition) is 2. The number of primary sulfonamides is 2. The summed E-state index contributed by atoms with van der Waals surface area (Å²) in [7, 11) is -7.55. The quantitative estimate of drug-likeness (QED) is 0.337. The smallest absolute Gasteiger partial charge is 0.212 e. The van der Waals surface area contributed by atoms with Gasteiger partial charge in [-0.1, -0.05) is 81.1 Å². The SMILES string of the molecule is CCCC(OC(CCC)C(C)(C)C(CCC)S(N)(=O)=O)C(C)(C)C(CCC)S(N)(=O)=O. The molecule has 0 heterocycles. The molecule has 0 aromatic rings. The first-order valence-electron chi connectivity index (χ1n) is 11.7. The summed E-state index contributed by atoms with van der Waals surface area (Å²) in [6.07, 6.45) is 4.46. The lowest BCUT2D eigenvalue weighted by Gasteiger charge is -2.46. The van der Waals surface area contributed by atoms with E-state index < -0.39 is 41.4 Å². The van der Waals surface area contributed by atoms with Gasteiger partial charge in [0.1, 0.15) is 0 Å². The first-order chi connectivity index (χ1) is 14.0. The van der Waals surface area contributed by atoms with Crippen LogP contribution in [0, 0.1) is 10.8 Å².